The number of hydrogen-bond donors (Lipinski definition) is 0. The summed E-state index contributed by atoms with van der Waals surface area (Å²) in [5, 5.41) is 0.295. The van der Waals surface area contributed by atoms with Gasteiger partial charge in [-0.1, -0.05) is 23.7 Å². The largest absolute Gasteiger partial charge is 0.459 e. The number of nitrogens with zero attached hydrogens (tertiary/aromatic N) is 1. The number of imide groups is 1. The number of fused-ring (bicyclic) bond motifs is 1. The molecule has 1 saturated heterocycles. The molecule has 0 N–H and O–H groups in total. The molecule has 0 aromatic heterocycles. The lowest BCUT2D eigenvalue weighted by molar-refractivity contribution is 0.0161. The number of carbonyl (C=O) groups is 3. The number of halogens is 1. The average molecular weight is 386 g/mol. The Morgan fingerprint density at radius 2 is 1.93 bits per heavy atom. The van der Waals surface area contributed by atoms with Crippen molar-refractivity contribution in [2.75, 3.05) is 18.1 Å². The molecule has 0 radical (unpaired) electrons. The van der Waals surface area contributed by atoms with Crippen LogP contribution in [0.2, 0.25) is 5.02 Å². The Labute approximate surface area is 160 Å². The van der Waals surface area contributed by atoms with Crippen LogP contribution < -0.4 is 4.90 Å². The van der Waals surface area contributed by atoms with Crippen LogP contribution in [0.3, 0.4) is 0 Å². The van der Waals surface area contributed by atoms with Crippen LogP contribution in [0, 0.1) is 0 Å². The van der Waals surface area contributed by atoms with E-state index in [9.17, 15) is 14.4 Å². The summed E-state index contributed by atoms with van der Waals surface area (Å²) in [5.41, 5.74) is 0.920. The maximum absolute atomic E-state index is 12.8. The van der Waals surface area contributed by atoms with Crippen molar-refractivity contribution in [1.29, 1.82) is 0 Å². The highest BCUT2D eigenvalue weighted by molar-refractivity contribution is 6.39. The van der Waals surface area contributed by atoms with Crippen molar-refractivity contribution in [1.82, 2.24) is 0 Å². The molecule has 7 heteroatoms. The Kier molecular flexibility index (Phi) is 4.68. The molecular weight excluding hydrogens is 370 g/mol. The zero-order valence-corrected chi connectivity index (χ0v) is 15.1. The van der Waals surface area contributed by atoms with Crippen molar-refractivity contribution in [2.45, 2.75) is 18.9 Å². The fourth-order valence-corrected chi connectivity index (χ4v) is 3.47. The van der Waals surface area contributed by atoms with Gasteiger partial charge in [0.25, 0.3) is 11.8 Å². The molecular formula is C20H16ClNO5. The summed E-state index contributed by atoms with van der Waals surface area (Å²) in [7, 11) is 0. The van der Waals surface area contributed by atoms with E-state index in [0.717, 1.165) is 17.7 Å². The summed E-state index contributed by atoms with van der Waals surface area (Å²) in [6, 6.07) is 11.0. The van der Waals surface area contributed by atoms with E-state index in [-0.39, 0.29) is 29.4 Å². The van der Waals surface area contributed by atoms with Crippen LogP contribution in [0.4, 0.5) is 5.69 Å². The summed E-state index contributed by atoms with van der Waals surface area (Å²) in [5.74, 6) is -1.54. The second kappa shape index (κ2) is 7.13. The molecule has 2 amide bonds. The fraction of sp³-hybridized carbons (Fsp3) is 0.250. The summed E-state index contributed by atoms with van der Waals surface area (Å²) in [6.45, 7) is 0.851. The van der Waals surface area contributed by atoms with E-state index < -0.39 is 17.8 Å². The zero-order valence-electron chi connectivity index (χ0n) is 14.3. The lowest BCUT2D eigenvalue weighted by Gasteiger charge is -2.15. The molecule has 2 aromatic carbocycles. The number of amides is 2. The number of esters is 1. The van der Waals surface area contributed by atoms with Crippen molar-refractivity contribution in [3.8, 4) is 0 Å². The van der Waals surface area contributed by atoms with Crippen LogP contribution >= 0.6 is 11.6 Å². The topological polar surface area (TPSA) is 72.9 Å². The highest BCUT2D eigenvalue weighted by atomic mass is 35.5. The van der Waals surface area contributed by atoms with Crippen molar-refractivity contribution >= 4 is 35.1 Å². The Balaban J connectivity index is 1.57. The van der Waals surface area contributed by atoms with Gasteiger partial charge in [0.1, 0.15) is 6.61 Å². The second-order valence-electron chi connectivity index (χ2n) is 6.39. The van der Waals surface area contributed by atoms with E-state index in [1.54, 1.807) is 24.3 Å². The molecule has 4 rings (SSSR count). The second-order valence-corrected chi connectivity index (χ2v) is 6.80. The molecule has 27 heavy (non-hydrogen) atoms. The number of ether oxygens (including phenoxy) is 2. The minimum atomic E-state index is -0.551. The van der Waals surface area contributed by atoms with Crippen LogP contribution in [-0.4, -0.2) is 37.1 Å². The van der Waals surface area contributed by atoms with Gasteiger partial charge in [-0.2, -0.15) is 0 Å². The maximum Gasteiger partial charge on any atom is 0.338 e. The molecule has 2 aliphatic rings. The highest BCUT2D eigenvalue weighted by Gasteiger charge is 2.38. The lowest BCUT2D eigenvalue weighted by Crippen LogP contribution is -2.29. The zero-order chi connectivity index (χ0) is 19.0. The molecule has 2 aromatic rings. The van der Waals surface area contributed by atoms with E-state index in [0.29, 0.717) is 17.3 Å². The molecule has 1 atom stereocenters. The Morgan fingerprint density at radius 1 is 1.15 bits per heavy atom. The first kappa shape index (κ1) is 17.7. The maximum atomic E-state index is 12.8. The van der Waals surface area contributed by atoms with E-state index in [2.05, 4.69) is 0 Å². The third kappa shape index (κ3) is 3.22. The van der Waals surface area contributed by atoms with Gasteiger partial charge in [-0.25, -0.2) is 9.69 Å². The predicted octanol–water partition coefficient (Wildman–Crippen LogP) is 3.48. The van der Waals surface area contributed by atoms with Gasteiger partial charge in [0, 0.05) is 6.61 Å². The standard InChI is InChI=1S/C20H16ClNO5/c21-16-5-1-2-6-17(16)22-18(23)14-8-7-12(10-15(14)19(22)24)20(25)27-11-13-4-3-9-26-13/h1-2,5-8,10,13H,3-4,9,11H2. The van der Waals surface area contributed by atoms with Gasteiger partial charge in [-0.05, 0) is 43.2 Å². The summed E-state index contributed by atoms with van der Waals surface area (Å²) < 4.78 is 10.7. The first-order valence-electron chi connectivity index (χ1n) is 8.62. The van der Waals surface area contributed by atoms with E-state index in [4.69, 9.17) is 21.1 Å². The molecule has 138 valence electrons. The molecule has 0 saturated carbocycles. The van der Waals surface area contributed by atoms with Crippen molar-refractivity contribution in [3.05, 3.63) is 64.2 Å². The quantitative estimate of drug-likeness (QED) is 0.595. The minimum absolute atomic E-state index is 0.0812. The van der Waals surface area contributed by atoms with Crippen LogP contribution in [0.1, 0.15) is 43.9 Å². The van der Waals surface area contributed by atoms with Crippen molar-refractivity contribution < 1.29 is 23.9 Å². The number of benzene rings is 2. The molecule has 1 fully saturated rings. The molecule has 0 aliphatic carbocycles. The number of carbonyl (C=O) groups excluding carboxylic acids is 3. The first-order chi connectivity index (χ1) is 13.1. The van der Waals surface area contributed by atoms with Crippen molar-refractivity contribution in [3.63, 3.8) is 0 Å². The van der Waals surface area contributed by atoms with Gasteiger partial charge in [0.15, 0.2) is 0 Å². The van der Waals surface area contributed by atoms with E-state index in [1.165, 1.54) is 18.2 Å². The Morgan fingerprint density at radius 3 is 2.67 bits per heavy atom. The summed E-state index contributed by atoms with van der Waals surface area (Å²) >= 11 is 6.13. The molecule has 0 bridgehead atoms. The fourth-order valence-electron chi connectivity index (χ4n) is 3.25. The monoisotopic (exact) mass is 385 g/mol. The highest BCUT2D eigenvalue weighted by Crippen LogP contribution is 2.33. The molecule has 6 nitrogen and oxygen atoms in total. The van der Waals surface area contributed by atoms with Crippen LogP contribution in [0.5, 0.6) is 0 Å². The van der Waals surface area contributed by atoms with Gasteiger partial charge < -0.3 is 9.47 Å². The van der Waals surface area contributed by atoms with Gasteiger partial charge in [-0.3, -0.25) is 9.59 Å². The van der Waals surface area contributed by atoms with Gasteiger partial charge in [0.05, 0.1) is 33.5 Å². The van der Waals surface area contributed by atoms with Crippen LogP contribution in [0.25, 0.3) is 0 Å². The third-order valence-electron chi connectivity index (χ3n) is 4.64. The minimum Gasteiger partial charge on any atom is -0.459 e. The Hall–Kier alpha value is -2.70. The van der Waals surface area contributed by atoms with E-state index >= 15 is 0 Å². The normalized spacial score (nSPS) is 18.7. The van der Waals surface area contributed by atoms with Crippen LogP contribution in [-0.2, 0) is 9.47 Å². The molecule has 0 spiro atoms. The van der Waals surface area contributed by atoms with E-state index in [1.807, 2.05) is 0 Å². The summed E-state index contributed by atoms with van der Waals surface area (Å²) in [4.78, 5) is 38.7. The number of anilines is 1. The van der Waals surface area contributed by atoms with Crippen molar-refractivity contribution in [2.24, 2.45) is 0 Å². The van der Waals surface area contributed by atoms with Gasteiger partial charge >= 0.3 is 5.97 Å². The number of rotatable bonds is 4. The third-order valence-corrected chi connectivity index (χ3v) is 4.96. The average Bonchev–Trinajstić information content (AvgIpc) is 3.28. The van der Waals surface area contributed by atoms with Gasteiger partial charge in [0.2, 0.25) is 0 Å². The van der Waals surface area contributed by atoms with Crippen LogP contribution in [0.15, 0.2) is 42.5 Å². The molecule has 1 unspecified atom stereocenters. The number of hydrogen-bond acceptors (Lipinski definition) is 5. The lowest BCUT2D eigenvalue weighted by atomic mass is 10.1. The number of para-hydroxylation sites is 1. The Bertz CT molecular complexity index is 936. The molecule has 2 aliphatic heterocycles. The molecule has 2 heterocycles. The summed E-state index contributed by atoms with van der Waals surface area (Å²) in [6.07, 6.45) is 1.73. The smallest absolute Gasteiger partial charge is 0.338 e. The first-order valence-corrected chi connectivity index (χ1v) is 9.00. The van der Waals surface area contributed by atoms with Gasteiger partial charge in [-0.15, -0.1) is 0 Å². The SMILES string of the molecule is O=C(OCC1CCCO1)c1ccc2c(c1)C(=O)N(c1ccccc1Cl)C2=O. The predicted molar refractivity (Wildman–Crippen MR) is 98.3 cm³/mol.